The molecule has 0 aliphatic carbocycles. The van der Waals surface area contributed by atoms with Crippen molar-refractivity contribution in [2.75, 3.05) is 14.1 Å². The smallest absolute Gasteiger partial charge is 0.260 e. The first kappa shape index (κ1) is 16.0. The van der Waals surface area contributed by atoms with E-state index in [1.54, 1.807) is 25.2 Å². The standard InChI is InChI=1S/C13H17ClN4O2S/c1-15-7-11-8-16-17-13(11)21(19,20)18(2)9-10-4-3-5-12(14)6-10/h3-6,8,15H,7,9H2,1-2H3,(H,16,17). The molecule has 2 rings (SSSR count). The van der Waals surface area contributed by atoms with E-state index >= 15 is 0 Å². The highest BCUT2D eigenvalue weighted by Gasteiger charge is 2.25. The van der Waals surface area contributed by atoms with Gasteiger partial charge in [0.1, 0.15) is 0 Å². The lowest BCUT2D eigenvalue weighted by molar-refractivity contribution is 0.462. The number of aromatic amines is 1. The zero-order valence-electron chi connectivity index (χ0n) is 11.8. The highest BCUT2D eigenvalue weighted by molar-refractivity contribution is 7.89. The number of nitrogens with zero attached hydrogens (tertiary/aromatic N) is 2. The van der Waals surface area contributed by atoms with Crippen LogP contribution in [0.15, 0.2) is 35.5 Å². The fourth-order valence-corrected chi connectivity index (χ4v) is 3.44. The molecular weight excluding hydrogens is 312 g/mol. The van der Waals surface area contributed by atoms with Crippen LogP contribution >= 0.6 is 11.6 Å². The maximum Gasteiger partial charge on any atom is 0.260 e. The summed E-state index contributed by atoms with van der Waals surface area (Å²) in [7, 11) is -0.350. The van der Waals surface area contributed by atoms with E-state index in [4.69, 9.17) is 11.6 Å². The second-order valence-corrected chi connectivity index (χ2v) is 7.06. The molecule has 1 heterocycles. The molecule has 2 N–H and O–H groups in total. The van der Waals surface area contributed by atoms with Gasteiger partial charge >= 0.3 is 0 Å². The van der Waals surface area contributed by atoms with Crippen LogP contribution in [-0.4, -0.2) is 37.0 Å². The molecule has 0 unspecified atom stereocenters. The molecule has 0 radical (unpaired) electrons. The third-order valence-corrected chi connectivity index (χ3v) is 5.06. The van der Waals surface area contributed by atoms with Gasteiger partial charge in [-0.15, -0.1) is 0 Å². The Bertz CT molecular complexity index is 714. The maximum atomic E-state index is 12.6. The molecule has 0 amide bonds. The summed E-state index contributed by atoms with van der Waals surface area (Å²) in [6, 6.07) is 7.12. The van der Waals surface area contributed by atoms with Gasteiger partial charge in [0.2, 0.25) is 0 Å². The van der Waals surface area contributed by atoms with E-state index in [0.717, 1.165) is 5.56 Å². The predicted molar refractivity (Wildman–Crippen MR) is 81.5 cm³/mol. The molecule has 8 heteroatoms. The van der Waals surface area contributed by atoms with E-state index in [2.05, 4.69) is 15.5 Å². The van der Waals surface area contributed by atoms with Crippen molar-refractivity contribution in [2.45, 2.75) is 18.1 Å². The van der Waals surface area contributed by atoms with Crippen molar-refractivity contribution in [3.8, 4) is 0 Å². The van der Waals surface area contributed by atoms with Gasteiger partial charge in [0.25, 0.3) is 10.0 Å². The molecule has 0 aliphatic rings. The van der Waals surface area contributed by atoms with Gasteiger partial charge in [-0.25, -0.2) is 8.42 Å². The number of nitrogens with one attached hydrogen (secondary N) is 2. The fourth-order valence-electron chi connectivity index (χ4n) is 1.97. The lowest BCUT2D eigenvalue weighted by Crippen LogP contribution is -2.28. The number of aromatic nitrogens is 2. The molecule has 114 valence electrons. The highest BCUT2D eigenvalue weighted by atomic mass is 35.5. The van der Waals surface area contributed by atoms with Crippen LogP contribution in [-0.2, 0) is 23.1 Å². The number of halogens is 1. The van der Waals surface area contributed by atoms with E-state index in [1.807, 2.05) is 6.07 Å². The van der Waals surface area contributed by atoms with Crippen LogP contribution in [0.5, 0.6) is 0 Å². The number of hydrogen-bond donors (Lipinski definition) is 2. The number of sulfonamides is 1. The molecule has 0 atom stereocenters. The Morgan fingerprint density at radius 1 is 1.43 bits per heavy atom. The Hall–Kier alpha value is -1.41. The topological polar surface area (TPSA) is 78.1 Å². The quantitative estimate of drug-likeness (QED) is 0.844. The van der Waals surface area contributed by atoms with Crippen LogP contribution in [0.25, 0.3) is 0 Å². The SMILES string of the molecule is CNCc1cn[nH]c1S(=O)(=O)N(C)Cc1cccc(Cl)c1. The number of H-pyrrole nitrogens is 1. The van der Waals surface area contributed by atoms with Gasteiger partial charge in [0.15, 0.2) is 5.03 Å². The molecule has 1 aromatic heterocycles. The molecule has 0 bridgehead atoms. The van der Waals surface area contributed by atoms with Gasteiger partial charge in [0, 0.05) is 30.7 Å². The van der Waals surface area contributed by atoms with Gasteiger partial charge in [-0.05, 0) is 24.7 Å². The Labute approximate surface area is 129 Å². The van der Waals surface area contributed by atoms with Crippen LogP contribution in [0, 0.1) is 0 Å². The van der Waals surface area contributed by atoms with E-state index in [0.29, 0.717) is 17.1 Å². The molecule has 0 fully saturated rings. The number of benzene rings is 1. The van der Waals surface area contributed by atoms with Crippen molar-refractivity contribution in [3.05, 3.63) is 46.6 Å². The molecule has 1 aromatic carbocycles. The third-order valence-electron chi connectivity index (χ3n) is 3.01. The number of hydrogen-bond acceptors (Lipinski definition) is 4. The summed E-state index contributed by atoms with van der Waals surface area (Å²) in [5, 5.41) is 9.99. The first-order valence-corrected chi connectivity index (χ1v) is 8.14. The monoisotopic (exact) mass is 328 g/mol. The van der Waals surface area contributed by atoms with E-state index < -0.39 is 10.0 Å². The third kappa shape index (κ3) is 3.62. The molecule has 0 saturated carbocycles. The summed E-state index contributed by atoms with van der Waals surface area (Å²) < 4.78 is 26.4. The lowest BCUT2D eigenvalue weighted by Gasteiger charge is -2.17. The van der Waals surface area contributed by atoms with Crippen molar-refractivity contribution < 1.29 is 8.42 Å². The van der Waals surface area contributed by atoms with Crippen molar-refractivity contribution in [2.24, 2.45) is 0 Å². The first-order chi connectivity index (χ1) is 9.95. The first-order valence-electron chi connectivity index (χ1n) is 6.32. The molecule has 6 nitrogen and oxygen atoms in total. The zero-order valence-corrected chi connectivity index (χ0v) is 13.4. The minimum atomic E-state index is -3.63. The van der Waals surface area contributed by atoms with Crippen molar-refractivity contribution in [1.29, 1.82) is 0 Å². The Morgan fingerprint density at radius 2 is 2.19 bits per heavy atom. The summed E-state index contributed by atoms with van der Waals surface area (Å²) in [6.07, 6.45) is 1.51. The van der Waals surface area contributed by atoms with Crippen LogP contribution < -0.4 is 5.32 Å². The predicted octanol–water partition coefficient (Wildman–Crippen LogP) is 1.60. The maximum absolute atomic E-state index is 12.6. The highest BCUT2D eigenvalue weighted by Crippen LogP contribution is 2.19. The zero-order chi connectivity index (χ0) is 15.5. The van der Waals surface area contributed by atoms with E-state index in [1.165, 1.54) is 17.5 Å². The summed E-state index contributed by atoms with van der Waals surface area (Å²) in [5.41, 5.74) is 1.43. The molecule has 0 aliphatic heterocycles. The molecule has 2 aromatic rings. The van der Waals surface area contributed by atoms with Gasteiger partial charge in [-0.2, -0.15) is 9.40 Å². The second kappa shape index (κ2) is 6.57. The van der Waals surface area contributed by atoms with Gasteiger partial charge in [0.05, 0.1) is 6.20 Å². The van der Waals surface area contributed by atoms with Gasteiger partial charge in [-0.1, -0.05) is 23.7 Å². The fraction of sp³-hybridized carbons (Fsp3) is 0.308. The van der Waals surface area contributed by atoms with E-state index in [9.17, 15) is 8.42 Å². The number of rotatable bonds is 6. The summed E-state index contributed by atoms with van der Waals surface area (Å²) >= 11 is 5.92. The molecular formula is C13H17ClN4O2S. The summed E-state index contributed by atoms with van der Waals surface area (Å²) in [4.78, 5) is 0. The second-order valence-electron chi connectivity index (χ2n) is 4.65. The van der Waals surface area contributed by atoms with Crippen LogP contribution in [0.2, 0.25) is 5.02 Å². The average Bonchev–Trinajstić information content (AvgIpc) is 2.88. The van der Waals surface area contributed by atoms with E-state index in [-0.39, 0.29) is 11.6 Å². The van der Waals surface area contributed by atoms with Crippen molar-refractivity contribution >= 4 is 21.6 Å². The average molecular weight is 329 g/mol. The minimum Gasteiger partial charge on any atom is -0.316 e. The largest absolute Gasteiger partial charge is 0.316 e. The summed E-state index contributed by atoms with van der Waals surface area (Å²) in [5.74, 6) is 0. The normalized spacial score (nSPS) is 12.0. The van der Waals surface area contributed by atoms with Gasteiger partial charge in [-0.3, -0.25) is 5.10 Å². The lowest BCUT2D eigenvalue weighted by atomic mass is 10.2. The minimum absolute atomic E-state index is 0.112. The van der Waals surface area contributed by atoms with Crippen molar-refractivity contribution in [3.63, 3.8) is 0 Å². The molecule has 0 saturated heterocycles. The van der Waals surface area contributed by atoms with Gasteiger partial charge < -0.3 is 5.32 Å². The molecule has 21 heavy (non-hydrogen) atoms. The molecule has 0 spiro atoms. The Morgan fingerprint density at radius 3 is 2.86 bits per heavy atom. The Balaban J connectivity index is 2.24. The van der Waals surface area contributed by atoms with Crippen LogP contribution in [0.4, 0.5) is 0 Å². The summed E-state index contributed by atoms with van der Waals surface area (Å²) in [6.45, 7) is 0.664. The van der Waals surface area contributed by atoms with Crippen LogP contribution in [0.3, 0.4) is 0 Å². The van der Waals surface area contributed by atoms with Crippen molar-refractivity contribution in [1.82, 2.24) is 19.8 Å². The van der Waals surface area contributed by atoms with Crippen LogP contribution in [0.1, 0.15) is 11.1 Å². The Kier molecular flexibility index (Phi) is 5.00.